The monoisotopic (exact) mass is 468 g/mol. The van der Waals surface area contributed by atoms with Crippen LogP contribution in [0.3, 0.4) is 0 Å². The van der Waals surface area contributed by atoms with E-state index in [1.807, 2.05) is 48.5 Å². The minimum absolute atomic E-state index is 0.0807. The van der Waals surface area contributed by atoms with Gasteiger partial charge >= 0.3 is 18.0 Å². The lowest BCUT2D eigenvalue weighted by Crippen LogP contribution is -2.44. The van der Waals surface area contributed by atoms with Crippen molar-refractivity contribution in [2.24, 2.45) is 0 Å². The van der Waals surface area contributed by atoms with Crippen molar-refractivity contribution in [3.63, 3.8) is 0 Å². The number of aliphatic carboxylic acids is 1. The highest BCUT2D eigenvalue weighted by Crippen LogP contribution is 2.44. The second-order valence-corrected chi connectivity index (χ2v) is 8.15. The van der Waals surface area contributed by atoms with Gasteiger partial charge in [-0.05, 0) is 35.6 Å². The van der Waals surface area contributed by atoms with Gasteiger partial charge in [0.1, 0.15) is 12.6 Å². The highest BCUT2D eigenvalue weighted by atomic mass is 16.5. The fraction of sp³-hybridized carbons (Fsp3) is 0.360. The molecular formula is C25H28N2O7. The Bertz CT molecular complexity index is 1020. The number of carbonyl (C=O) groups excluding carboxylic acids is 3. The van der Waals surface area contributed by atoms with Gasteiger partial charge in [0, 0.05) is 24.8 Å². The van der Waals surface area contributed by atoms with Gasteiger partial charge in [-0.1, -0.05) is 48.5 Å². The van der Waals surface area contributed by atoms with Crippen molar-refractivity contribution in [3.05, 3.63) is 59.7 Å². The molecule has 0 spiro atoms. The van der Waals surface area contributed by atoms with Crippen molar-refractivity contribution in [3.8, 4) is 11.1 Å². The molecule has 2 amide bonds. The molecule has 0 fully saturated rings. The summed E-state index contributed by atoms with van der Waals surface area (Å²) in [4.78, 5) is 47.1. The van der Waals surface area contributed by atoms with E-state index in [0.29, 0.717) is 0 Å². The van der Waals surface area contributed by atoms with Crippen molar-refractivity contribution in [1.82, 2.24) is 10.6 Å². The van der Waals surface area contributed by atoms with Crippen molar-refractivity contribution >= 4 is 23.9 Å². The molecule has 0 saturated heterocycles. The zero-order valence-electron chi connectivity index (χ0n) is 19.1. The van der Waals surface area contributed by atoms with Crippen molar-refractivity contribution < 1.29 is 33.8 Å². The summed E-state index contributed by atoms with van der Waals surface area (Å²) < 4.78 is 9.95. The van der Waals surface area contributed by atoms with Gasteiger partial charge in [-0.2, -0.15) is 0 Å². The van der Waals surface area contributed by atoms with Gasteiger partial charge in [0.05, 0.1) is 7.11 Å². The normalized spacial score (nSPS) is 13.7. The molecule has 9 nitrogen and oxygen atoms in total. The maximum Gasteiger partial charge on any atom is 0.407 e. The number of methoxy groups -OCH3 is 1. The molecule has 0 heterocycles. The molecular weight excluding hydrogens is 440 g/mol. The van der Waals surface area contributed by atoms with Gasteiger partial charge in [-0.15, -0.1) is 0 Å². The molecule has 2 atom stereocenters. The SMILES string of the molecule is COC(=O)CC[C@H](NC(=O)C[C@H](C)NC(=O)OCC1c2ccccc2-c2ccccc21)C(=O)O. The number of hydrogen-bond acceptors (Lipinski definition) is 6. The molecule has 3 rings (SSSR count). The van der Waals surface area contributed by atoms with Crippen LogP contribution < -0.4 is 10.6 Å². The number of ether oxygens (including phenoxy) is 2. The molecule has 180 valence electrons. The molecule has 9 heteroatoms. The van der Waals surface area contributed by atoms with Gasteiger partial charge in [-0.25, -0.2) is 9.59 Å². The largest absolute Gasteiger partial charge is 0.480 e. The summed E-state index contributed by atoms with van der Waals surface area (Å²) in [6.45, 7) is 1.76. The number of carboxylic acids is 1. The number of benzene rings is 2. The molecule has 0 radical (unpaired) electrons. The van der Waals surface area contributed by atoms with Crippen molar-refractivity contribution in [1.29, 1.82) is 0 Å². The van der Waals surface area contributed by atoms with Crippen LogP contribution in [-0.4, -0.2) is 54.8 Å². The molecule has 34 heavy (non-hydrogen) atoms. The maximum atomic E-state index is 12.3. The Morgan fingerprint density at radius 3 is 2.12 bits per heavy atom. The molecule has 0 bridgehead atoms. The van der Waals surface area contributed by atoms with Gasteiger partial charge < -0.3 is 25.2 Å². The zero-order valence-corrected chi connectivity index (χ0v) is 19.1. The molecule has 2 aromatic carbocycles. The predicted octanol–water partition coefficient (Wildman–Crippen LogP) is 2.83. The Morgan fingerprint density at radius 1 is 0.971 bits per heavy atom. The number of alkyl carbamates (subject to hydrolysis) is 1. The number of esters is 1. The third-order valence-electron chi connectivity index (χ3n) is 5.70. The maximum absolute atomic E-state index is 12.3. The zero-order chi connectivity index (χ0) is 24.7. The summed E-state index contributed by atoms with van der Waals surface area (Å²) in [6, 6.07) is 14.2. The second kappa shape index (κ2) is 11.3. The molecule has 3 N–H and O–H groups in total. The predicted molar refractivity (Wildman–Crippen MR) is 123 cm³/mol. The molecule has 0 aliphatic heterocycles. The van der Waals surface area contributed by atoms with Crippen LogP contribution in [0.25, 0.3) is 11.1 Å². The number of amides is 2. The minimum Gasteiger partial charge on any atom is -0.480 e. The van der Waals surface area contributed by atoms with Crippen LogP contribution in [0.4, 0.5) is 4.79 Å². The van der Waals surface area contributed by atoms with Crippen LogP contribution >= 0.6 is 0 Å². The highest BCUT2D eigenvalue weighted by molar-refractivity contribution is 5.84. The lowest BCUT2D eigenvalue weighted by atomic mass is 9.98. The van der Waals surface area contributed by atoms with Gasteiger partial charge in [0.25, 0.3) is 0 Å². The standard InChI is InChI=1S/C25H28N2O7/c1-15(13-22(28)27-21(24(30)31)11-12-23(29)33-2)26-25(32)34-14-20-18-9-5-3-7-16(18)17-8-4-6-10-19(17)20/h3-10,15,20-21H,11-14H2,1-2H3,(H,26,32)(H,27,28)(H,30,31)/t15-,21-/m0/s1. The lowest BCUT2D eigenvalue weighted by molar-refractivity contribution is -0.144. The van der Waals surface area contributed by atoms with E-state index in [4.69, 9.17) is 4.74 Å². The topological polar surface area (TPSA) is 131 Å². The quantitative estimate of drug-likeness (QED) is 0.457. The molecule has 0 saturated carbocycles. The van der Waals surface area contributed by atoms with Gasteiger partial charge in [0.2, 0.25) is 5.91 Å². The van der Waals surface area contributed by atoms with E-state index in [2.05, 4.69) is 15.4 Å². The summed E-state index contributed by atoms with van der Waals surface area (Å²) >= 11 is 0. The van der Waals surface area contributed by atoms with Crippen LogP contribution in [0, 0.1) is 0 Å². The first-order valence-corrected chi connectivity index (χ1v) is 11.0. The number of fused-ring (bicyclic) bond motifs is 3. The van der Waals surface area contributed by atoms with E-state index < -0.39 is 36.0 Å². The Hall–Kier alpha value is -3.88. The number of carboxylic acid groups (broad SMARTS) is 1. The van der Waals surface area contributed by atoms with E-state index >= 15 is 0 Å². The van der Waals surface area contributed by atoms with Crippen LogP contribution in [0.2, 0.25) is 0 Å². The van der Waals surface area contributed by atoms with Crippen molar-refractivity contribution in [2.45, 2.75) is 44.2 Å². The number of nitrogens with one attached hydrogen (secondary N) is 2. The number of hydrogen-bond donors (Lipinski definition) is 3. The van der Waals surface area contributed by atoms with E-state index in [-0.39, 0.29) is 31.8 Å². The van der Waals surface area contributed by atoms with E-state index in [1.165, 1.54) is 7.11 Å². The summed E-state index contributed by atoms with van der Waals surface area (Å²) in [5.41, 5.74) is 4.43. The Balaban J connectivity index is 1.49. The summed E-state index contributed by atoms with van der Waals surface area (Å²) in [7, 11) is 1.20. The fourth-order valence-corrected chi connectivity index (χ4v) is 4.05. The average Bonchev–Trinajstić information content (AvgIpc) is 3.13. The summed E-state index contributed by atoms with van der Waals surface area (Å²) in [6.07, 6.45) is -1.04. The molecule has 1 aliphatic carbocycles. The third kappa shape index (κ3) is 6.12. The van der Waals surface area contributed by atoms with Crippen molar-refractivity contribution in [2.75, 3.05) is 13.7 Å². The molecule has 1 aliphatic rings. The Kier molecular flexibility index (Phi) is 8.24. The Labute approximate surface area is 197 Å². The third-order valence-corrected chi connectivity index (χ3v) is 5.70. The van der Waals surface area contributed by atoms with Gasteiger partial charge in [0.15, 0.2) is 0 Å². The van der Waals surface area contributed by atoms with Crippen LogP contribution in [0.1, 0.15) is 43.2 Å². The van der Waals surface area contributed by atoms with Crippen LogP contribution in [0.15, 0.2) is 48.5 Å². The van der Waals surface area contributed by atoms with Crippen LogP contribution in [0.5, 0.6) is 0 Å². The first-order valence-electron chi connectivity index (χ1n) is 11.0. The molecule has 0 unspecified atom stereocenters. The van der Waals surface area contributed by atoms with E-state index in [0.717, 1.165) is 22.3 Å². The fourth-order valence-electron chi connectivity index (χ4n) is 4.05. The summed E-state index contributed by atoms with van der Waals surface area (Å²) in [5, 5.41) is 14.2. The Morgan fingerprint density at radius 2 is 1.56 bits per heavy atom. The van der Waals surface area contributed by atoms with E-state index in [1.54, 1.807) is 6.92 Å². The van der Waals surface area contributed by atoms with Crippen LogP contribution in [-0.2, 0) is 23.9 Å². The average molecular weight is 469 g/mol. The summed E-state index contributed by atoms with van der Waals surface area (Å²) in [5.74, 6) is -2.47. The van der Waals surface area contributed by atoms with Gasteiger partial charge in [-0.3, -0.25) is 9.59 Å². The number of carbonyl (C=O) groups is 4. The second-order valence-electron chi connectivity index (χ2n) is 8.15. The smallest absolute Gasteiger partial charge is 0.407 e. The first-order chi connectivity index (χ1) is 16.3. The van der Waals surface area contributed by atoms with E-state index in [9.17, 15) is 24.3 Å². The molecule has 0 aromatic heterocycles. The lowest BCUT2D eigenvalue weighted by Gasteiger charge is -2.18. The first kappa shape index (κ1) is 24.8. The highest BCUT2D eigenvalue weighted by Gasteiger charge is 2.29. The molecule has 2 aromatic rings. The number of rotatable bonds is 10. The minimum atomic E-state index is -1.26.